The molecule has 2 N–H and O–H groups in total. The predicted octanol–water partition coefficient (Wildman–Crippen LogP) is 1.59. The fraction of sp³-hybridized carbons (Fsp3) is 0.538. The molecule has 0 unspecified atom stereocenters. The van der Waals surface area contributed by atoms with E-state index < -0.39 is 24.4 Å². The average Bonchev–Trinajstić information content (AvgIpc) is 2.57. The smallest absolute Gasteiger partial charge is 0.400 e. The molecule has 1 aliphatic rings. The summed E-state index contributed by atoms with van der Waals surface area (Å²) in [7, 11) is -0.518. The van der Waals surface area contributed by atoms with Gasteiger partial charge in [0.2, 0.25) is 0 Å². The van der Waals surface area contributed by atoms with E-state index in [4.69, 9.17) is 15.0 Å². The van der Waals surface area contributed by atoms with Crippen molar-refractivity contribution in [2.45, 2.75) is 38.9 Å². The van der Waals surface area contributed by atoms with Crippen molar-refractivity contribution in [3.63, 3.8) is 0 Å². The van der Waals surface area contributed by atoms with Gasteiger partial charge in [-0.3, -0.25) is 0 Å². The summed E-state index contributed by atoms with van der Waals surface area (Å²) in [6.07, 6.45) is 3.79. The minimum Gasteiger partial charge on any atom is -0.400 e. The van der Waals surface area contributed by atoms with Crippen LogP contribution in [0.3, 0.4) is 0 Å². The molecular weight excluding hydrogens is 260 g/mol. The van der Waals surface area contributed by atoms with E-state index in [1.165, 1.54) is 12.4 Å². The average molecular weight is 279 g/mol. The third-order valence-electron chi connectivity index (χ3n) is 3.78. The molecule has 1 fully saturated rings. The lowest BCUT2D eigenvalue weighted by Gasteiger charge is -2.32. The first-order valence-electron chi connectivity index (χ1n) is 6.49. The van der Waals surface area contributed by atoms with Crippen LogP contribution in [-0.2, 0) is 9.31 Å². The monoisotopic (exact) mass is 279 g/mol. The maximum Gasteiger partial charge on any atom is 0.491 e. The Morgan fingerprint density at radius 3 is 2.20 bits per heavy atom. The quantitative estimate of drug-likeness (QED) is 0.672. The van der Waals surface area contributed by atoms with Gasteiger partial charge in [0, 0.05) is 24.5 Å². The number of nitrogens with zero attached hydrogens (tertiary/aromatic N) is 2. The molecule has 0 atom stereocenters. The number of rotatable bonds is 3. The Morgan fingerprint density at radius 1 is 1.25 bits per heavy atom. The van der Waals surface area contributed by atoms with E-state index in [0.29, 0.717) is 5.56 Å². The zero-order chi connectivity index (χ0) is 15.0. The van der Waals surface area contributed by atoms with Crippen molar-refractivity contribution in [2.75, 3.05) is 6.54 Å². The Bertz CT molecular complexity index is 501. The maximum atomic E-state index is 12.7. The summed E-state index contributed by atoms with van der Waals surface area (Å²) in [6.45, 7) is 8.17. The molecule has 1 saturated heterocycles. The molecular formula is C13H19BFN3O2. The molecule has 1 aromatic heterocycles. The number of hydrogen-bond donors (Lipinski definition) is 1. The minimum atomic E-state index is -0.757. The van der Waals surface area contributed by atoms with E-state index in [0.717, 1.165) is 5.47 Å². The van der Waals surface area contributed by atoms with Crippen molar-refractivity contribution in [3.8, 4) is 0 Å². The summed E-state index contributed by atoms with van der Waals surface area (Å²) < 4.78 is 24.5. The summed E-state index contributed by atoms with van der Waals surface area (Å²) in [4.78, 5) is 7.01. The molecule has 0 amide bonds. The first-order valence-corrected chi connectivity index (χ1v) is 6.49. The normalized spacial score (nSPS) is 21.3. The standard InChI is InChI=1S/C13H19BFN3O2/c1-12(2)13(3,4)20-14(19-12)10(6-16)5-9-7-17-11(15)18-8-9/h5,7-8H,6,16H2,1-4H3. The highest BCUT2D eigenvalue weighted by Gasteiger charge is 2.52. The molecule has 0 aliphatic carbocycles. The second-order valence-electron chi connectivity index (χ2n) is 5.80. The fourth-order valence-corrected chi connectivity index (χ4v) is 1.83. The van der Waals surface area contributed by atoms with Gasteiger partial charge in [-0.25, -0.2) is 9.97 Å². The first-order chi connectivity index (χ1) is 9.25. The highest BCUT2D eigenvalue weighted by Crippen LogP contribution is 2.38. The summed E-state index contributed by atoms with van der Waals surface area (Å²) >= 11 is 0. The second-order valence-corrected chi connectivity index (χ2v) is 5.80. The van der Waals surface area contributed by atoms with Crippen LogP contribution in [0.25, 0.3) is 6.08 Å². The molecule has 7 heteroatoms. The van der Waals surface area contributed by atoms with Crippen molar-refractivity contribution < 1.29 is 13.7 Å². The van der Waals surface area contributed by atoms with Crippen molar-refractivity contribution in [2.24, 2.45) is 5.73 Å². The van der Waals surface area contributed by atoms with Crippen molar-refractivity contribution in [1.29, 1.82) is 0 Å². The van der Waals surface area contributed by atoms with Crippen LogP contribution >= 0.6 is 0 Å². The topological polar surface area (TPSA) is 70.3 Å². The maximum absolute atomic E-state index is 12.7. The van der Waals surface area contributed by atoms with Gasteiger partial charge in [-0.2, -0.15) is 4.39 Å². The molecule has 2 rings (SSSR count). The Hall–Kier alpha value is -1.31. The summed E-state index contributed by atoms with van der Waals surface area (Å²) in [5.74, 6) is 0. The van der Waals surface area contributed by atoms with Gasteiger partial charge in [-0.15, -0.1) is 0 Å². The van der Waals surface area contributed by atoms with Crippen LogP contribution in [0.1, 0.15) is 33.3 Å². The number of hydrogen-bond acceptors (Lipinski definition) is 5. The van der Waals surface area contributed by atoms with Crippen LogP contribution in [0.2, 0.25) is 0 Å². The van der Waals surface area contributed by atoms with Crippen molar-refractivity contribution in [3.05, 3.63) is 29.5 Å². The van der Waals surface area contributed by atoms with E-state index in [1.54, 1.807) is 6.08 Å². The van der Waals surface area contributed by atoms with Crippen molar-refractivity contribution in [1.82, 2.24) is 9.97 Å². The first kappa shape index (κ1) is 15.1. The van der Waals surface area contributed by atoms with Gasteiger partial charge >= 0.3 is 13.2 Å². The lowest BCUT2D eigenvalue weighted by molar-refractivity contribution is 0.00578. The van der Waals surface area contributed by atoms with Gasteiger partial charge in [-0.05, 0) is 33.2 Å². The van der Waals surface area contributed by atoms with Crippen LogP contribution in [-0.4, -0.2) is 34.8 Å². The number of nitrogens with two attached hydrogens (primary N) is 1. The molecule has 5 nitrogen and oxygen atoms in total. The summed E-state index contributed by atoms with van der Waals surface area (Å²) in [5.41, 5.74) is 6.33. The van der Waals surface area contributed by atoms with Gasteiger partial charge < -0.3 is 15.0 Å². The molecule has 1 aliphatic heterocycles. The zero-order valence-electron chi connectivity index (χ0n) is 12.2. The molecule has 20 heavy (non-hydrogen) atoms. The van der Waals surface area contributed by atoms with Crippen LogP contribution in [0.4, 0.5) is 4.39 Å². The predicted molar refractivity (Wildman–Crippen MR) is 75.1 cm³/mol. The van der Waals surface area contributed by atoms with E-state index in [-0.39, 0.29) is 6.54 Å². The molecule has 108 valence electrons. The lowest BCUT2D eigenvalue weighted by atomic mass is 9.77. The zero-order valence-corrected chi connectivity index (χ0v) is 12.2. The van der Waals surface area contributed by atoms with Crippen molar-refractivity contribution >= 4 is 13.2 Å². The summed E-state index contributed by atoms with van der Waals surface area (Å²) in [6, 6.07) is 0. The van der Waals surface area contributed by atoms with E-state index in [1.807, 2.05) is 27.7 Å². The Labute approximate surface area is 118 Å². The third-order valence-corrected chi connectivity index (χ3v) is 3.78. The molecule has 0 bridgehead atoms. The minimum absolute atomic E-state index is 0.272. The van der Waals surface area contributed by atoms with Crippen LogP contribution in [0.15, 0.2) is 17.9 Å². The number of aromatic nitrogens is 2. The fourth-order valence-electron chi connectivity index (χ4n) is 1.83. The third kappa shape index (κ3) is 2.89. The Kier molecular flexibility index (Phi) is 3.95. The van der Waals surface area contributed by atoms with Gasteiger partial charge in [0.1, 0.15) is 0 Å². The van der Waals surface area contributed by atoms with E-state index >= 15 is 0 Å². The highest BCUT2D eigenvalue weighted by molar-refractivity contribution is 6.55. The van der Waals surface area contributed by atoms with Crippen LogP contribution in [0, 0.1) is 6.08 Å². The van der Waals surface area contributed by atoms with Gasteiger partial charge in [-0.1, -0.05) is 6.08 Å². The molecule has 2 heterocycles. The molecule has 1 aromatic rings. The molecule has 0 aromatic carbocycles. The number of halogens is 1. The molecule has 0 spiro atoms. The van der Waals surface area contributed by atoms with Gasteiger partial charge in [0.15, 0.2) is 0 Å². The van der Waals surface area contributed by atoms with Gasteiger partial charge in [0.25, 0.3) is 0 Å². The largest absolute Gasteiger partial charge is 0.491 e. The lowest BCUT2D eigenvalue weighted by Crippen LogP contribution is -2.41. The Morgan fingerprint density at radius 2 is 1.75 bits per heavy atom. The van der Waals surface area contributed by atoms with Gasteiger partial charge in [0.05, 0.1) is 11.2 Å². The van der Waals surface area contributed by atoms with Crippen LogP contribution in [0.5, 0.6) is 0 Å². The SMILES string of the molecule is CC1(C)OB(C(=Cc2cnc(F)nc2)CN)OC1(C)C. The molecule has 0 radical (unpaired) electrons. The van der Waals surface area contributed by atoms with E-state index in [2.05, 4.69) is 9.97 Å². The second kappa shape index (κ2) is 5.23. The highest BCUT2D eigenvalue weighted by atomic mass is 19.1. The summed E-state index contributed by atoms with van der Waals surface area (Å²) in [5, 5.41) is 0. The van der Waals surface area contributed by atoms with Crippen LogP contribution < -0.4 is 5.73 Å². The van der Waals surface area contributed by atoms with E-state index in [9.17, 15) is 4.39 Å². The Balaban J connectivity index is 2.24. The molecule has 0 saturated carbocycles.